The van der Waals surface area contributed by atoms with Gasteiger partial charge >= 0.3 is 12.1 Å². The van der Waals surface area contributed by atoms with E-state index in [1.165, 1.54) is 18.3 Å². The predicted octanol–water partition coefficient (Wildman–Crippen LogP) is 6.63. The maximum Gasteiger partial charge on any atom is 0.408 e. The minimum atomic E-state index is -4.06. The Labute approximate surface area is 253 Å². The van der Waals surface area contributed by atoms with Crippen LogP contribution >= 0.6 is 0 Å². The lowest BCUT2D eigenvalue weighted by atomic mass is 10.0. The lowest BCUT2D eigenvalue weighted by Gasteiger charge is -2.40. The molecule has 0 aliphatic heterocycles. The molecule has 4 rings (SSSR count). The summed E-state index contributed by atoms with van der Waals surface area (Å²) in [7, 11) is -6.75. The lowest BCUT2D eigenvalue weighted by molar-refractivity contribution is -0.142. The Bertz CT molecular complexity index is 1710. The number of carboxylic acids is 1. The number of aromatic nitrogens is 1. The van der Waals surface area contributed by atoms with Gasteiger partial charge in [0.05, 0.1) is 10.4 Å². The average Bonchev–Trinajstić information content (AvgIpc) is 3.34. The number of aliphatic carboxylic acids is 1. The van der Waals surface area contributed by atoms with Crippen LogP contribution in [0.25, 0.3) is 10.9 Å². The molecular formula is C32H38N2O7SSi. The molecular weight excluding hydrogens is 585 g/mol. The van der Waals surface area contributed by atoms with Gasteiger partial charge in [-0.05, 0) is 48.8 Å². The third kappa shape index (κ3) is 7.01. The van der Waals surface area contributed by atoms with Crippen LogP contribution in [0.3, 0.4) is 0 Å². The Kier molecular flexibility index (Phi) is 9.19. The van der Waals surface area contributed by atoms with E-state index < -0.39 is 42.5 Å². The van der Waals surface area contributed by atoms with Crippen LogP contribution in [0.2, 0.25) is 18.1 Å². The van der Waals surface area contributed by atoms with Crippen LogP contribution < -0.4 is 5.32 Å². The van der Waals surface area contributed by atoms with Gasteiger partial charge in [-0.25, -0.2) is 22.0 Å². The van der Waals surface area contributed by atoms with E-state index in [9.17, 15) is 23.1 Å². The molecule has 9 nitrogen and oxygen atoms in total. The third-order valence-corrected chi connectivity index (χ3v) is 14.0. The topological polar surface area (TPSA) is 124 Å². The zero-order valence-corrected chi connectivity index (χ0v) is 27.0. The van der Waals surface area contributed by atoms with Crippen LogP contribution in [-0.4, -0.2) is 43.9 Å². The first-order valence-corrected chi connectivity index (χ1v) is 18.3. The Morgan fingerprint density at radius 3 is 2.16 bits per heavy atom. The minimum absolute atomic E-state index is 0.0547. The van der Waals surface area contributed by atoms with Gasteiger partial charge in [0.25, 0.3) is 10.0 Å². The molecule has 4 aromatic rings. The van der Waals surface area contributed by atoms with E-state index in [1.54, 1.807) is 60.7 Å². The second kappa shape index (κ2) is 12.4. The van der Waals surface area contributed by atoms with E-state index in [0.717, 1.165) is 15.1 Å². The number of carbonyl (C=O) groups excluding carboxylic acids is 1. The number of hydrogen-bond acceptors (Lipinski definition) is 6. The van der Waals surface area contributed by atoms with Gasteiger partial charge < -0.3 is 19.6 Å². The van der Waals surface area contributed by atoms with Gasteiger partial charge in [0, 0.05) is 17.1 Å². The molecule has 0 saturated heterocycles. The molecule has 0 aliphatic rings. The second-order valence-electron chi connectivity index (χ2n) is 12.0. The van der Waals surface area contributed by atoms with Crippen LogP contribution in [0, 0.1) is 6.92 Å². The van der Waals surface area contributed by atoms with Gasteiger partial charge in [-0.2, -0.15) is 0 Å². The summed E-state index contributed by atoms with van der Waals surface area (Å²) >= 11 is 0. The van der Waals surface area contributed by atoms with E-state index in [1.807, 2.05) is 46.9 Å². The highest BCUT2D eigenvalue weighted by Crippen LogP contribution is 2.42. The van der Waals surface area contributed by atoms with Gasteiger partial charge in [0.15, 0.2) is 14.4 Å². The number of ether oxygens (including phenoxy) is 1. The number of carbonyl (C=O) groups is 2. The first kappa shape index (κ1) is 32.0. The van der Waals surface area contributed by atoms with Crippen molar-refractivity contribution in [3.8, 4) is 0 Å². The van der Waals surface area contributed by atoms with Crippen molar-refractivity contribution in [3.63, 3.8) is 0 Å². The van der Waals surface area contributed by atoms with Gasteiger partial charge in [-0.3, -0.25) is 0 Å². The highest BCUT2D eigenvalue weighted by Gasteiger charge is 2.44. The number of benzene rings is 3. The van der Waals surface area contributed by atoms with Crippen molar-refractivity contribution in [1.29, 1.82) is 0 Å². The van der Waals surface area contributed by atoms with E-state index in [0.29, 0.717) is 16.5 Å². The quantitative estimate of drug-likeness (QED) is 0.190. The monoisotopic (exact) mass is 622 g/mol. The fourth-order valence-electron chi connectivity index (χ4n) is 4.39. The van der Waals surface area contributed by atoms with Gasteiger partial charge in [0.2, 0.25) is 0 Å². The molecule has 0 unspecified atom stereocenters. The fraction of sp³-hybridized carbons (Fsp3) is 0.312. The number of nitrogens with zero attached hydrogens (tertiary/aromatic N) is 1. The summed E-state index contributed by atoms with van der Waals surface area (Å²) in [4.78, 5) is 25.8. The molecule has 1 amide bonds. The van der Waals surface area contributed by atoms with Crippen LogP contribution in [0.4, 0.5) is 4.79 Å². The normalized spacial score (nSPS) is 13.8. The van der Waals surface area contributed by atoms with Crippen LogP contribution in [0.15, 0.2) is 90.0 Å². The number of fused-ring (bicyclic) bond motifs is 1. The molecule has 11 heteroatoms. The standard InChI is InChI=1S/C32H38N2O7SSi/c1-22-16-18-24(19-17-22)42(38,39)34-20-26(25-14-10-11-15-27(25)34)29(41-43(5,6)32(2,3)4)28(30(35)36)33-31(37)40-21-23-12-8-7-9-13-23/h7-20,28-29H,21H2,1-6H3,(H,33,37)(H,35,36)/t28-,29-/m0/s1. The molecule has 0 fully saturated rings. The van der Waals surface area contributed by atoms with Crippen molar-refractivity contribution in [2.45, 2.75) is 69.5 Å². The number of para-hydroxylation sites is 1. The van der Waals surface area contributed by atoms with E-state index in [2.05, 4.69) is 5.32 Å². The van der Waals surface area contributed by atoms with Crippen molar-refractivity contribution in [2.24, 2.45) is 0 Å². The van der Waals surface area contributed by atoms with Crippen LogP contribution in [0.1, 0.15) is 43.6 Å². The first-order chi connectivity index (χ1) is 20.1. The SMILES string of the molecule is Cc1ccc(S(=O)(=O)n2cc([C@H](O[Si](C)(C)C(C)(C)C)[C@H](NC(=O)OCc3ccccc3)C(=O)O)c3ccccc32)cc1. The zero-order chi connectivity index (χ0) is 31.6. The molecule has 3 aromatic carbocycles. The van der Waals surface area contributed by atoms with Gasteiger partial charge in [-0.15, -0.1) is 0 Å². The van der Waals surface area contributed by atoms with E-state index >= 15 is 0 Å². The van der Waals surface area contributed by atoms with Crippen molar-refractivity contribution in [1.82, 2.24) is 9.29 Å². The first-order valence-electron chi connectivity index (χ1n) is 13.9. The third-order valence-electron chi connectivity index (χ3n) is 7.88. The average molecular weight is 623 g/mol. The summed E-state index contributed by atoms with van der Waals surface area (Å²) in [6, 6.07) is 20.8. The molecule has 0 aliphatic carbocycles. The molecule has 228 valence electrons. The summed E-state index contributed by atoms with van der Waals surface area (Å²) < 4.78 is 40.9. The number of amides is 1. The van der Waals surface area contributed by atoms with Crippen molar-refractivity contribution in [2.75, 3.05) is 0 Å². The Morgan fingerprint density at radius 2 is 1.56 bits per heavy atom. The smallest absolute Gasteiger partial charge is 0.408 e. The number of hydrogen-bond donors (Lipinski definition) is 2. The van der Waals surface area contributed by atoms with Crippen LogP contribution in [-0.2, 0) is 30.6 Å². The second-order valence-corrected chi connectivity index (χ2v) is 18.6. The number of rotatable bonds is 10. The minimum Gasteiger partial charge on any atom is -0.480 e. The fourth-order valence-corrected chi connectivity index (χ4v) is 7.02. The highest BCUT2D eigenvalue weighted by atomic mass is 32.2. The summed E-state index contributed by atoms with van der Waals surface area (Å²) in [5, 5.41) is 13.1. The summed E-state index contributed by atoms with van der Waals surface area (Å²) in [6.07, 6.45) is -0.761. The Hall–Kier alpha value is -3.93. The zero-order valence-electron chi connectivity index (χ0n) is 25.2. The number of carboxylic acid groups (broad SMARTS) is 1. The molecule has 2 N–H and O–H groups in total. The Balaban J connectivity index is 1.82. The molecule has 0 spiro atoms. The predicted molar refractivity (Wildman–Crippen MR) is 168 cm³/mol. The molecule has 0 bridgehead atoms. The number of nitrogens with one attached hydrogen (secondary N) is 1. The molecule has 2 atom stereocenters. The van der Waals surface area contributed by atoms with E-state index in [4.69, 9.17) is 9.16 Å². The highest BCUT2D eigenvalue weighted by molar-refractivity contribution is 7.90. The molecule has 1 heterocycles. The maximum atomic E-state index is 13.9. The van der Waals surface area contributed by atoms with Gasteiger partial charge in [0.1, 0.15) is 12.7 Å². The maximum absolute atomic E-state index is 13.9. The molecule has 1 aromatic heterocycles. The van der Waals surface area contributed by atoms with Crippen molar-refractivity contribution in [3.05, 3.63) is 102 Å². The van der Waals surface area contributed by atoms with Crippen molar-refractivity contribution >= 4 is 41.3 Å². The van der Waals surface area contributed by atoms with Crippen LogP contribution in [0.5, 0.6) is 0 Å². The van der Waals surface area contributed by atoms with Gasteiger partial charge in [-0.1, -0.05) is 87.0 Å². The summed E-state index contributed by atoms with van der Waals surface area (Å²) in [5.41, 5.74) is 2.34. The molecule has 0 radical (unpaired) electrons. The summed E-state index contributed by atoms with van der Waals surface area (Å²) in [5.74, 6) is -1.35. The molecule has 43 heavy (non-hydrogen) atoms. The lowest BCUT2D eigenvalue weighted by Crippen LogP contribution is -2.51. The number of alkyl carbamates (subject to hydrolysis) is 1. The van der Waals surface area contributed by atoms with Crippen molar-refractivity contribution < 1.29 is 32.3 Å². The largest absolute Gasteiger partial charge is 0.480 e. The number of aryl methyl sites for hydroxylation is 1. The Morgan fingerprint density at radius 1 is 0.953 bits per heavy atom. The van der Waals surface area contributed by atoms with E-state index in [-0.39, 0.29) is 16.5 Å². The summed E-state index contributed by atoms with van der Waals surface area (Å²) in [6.45, 7) is 11.8. The molecule has 0 saturated carbocycles.